The Kier molecular flexibility index (Phi) is 4.26. The van der Waals surface area contributed by atoms with Gasteiger partial charge in [-0.15, -0.1) is 0 Å². The molecule has 0 unspecified atom stereocenters. The van der Waals surface area contributed by atoms with Crippen molar-refractivity contribution < 1.29 is 23.1 Å². The number of halogens is 3. The zero-order valence-electron chi connectivity index (χ0n) is 14.6. The van der Waals surface area contributed by atoms with Crippen molar-refractivity contribution in [3.8, 4) is 11.1 Å². The molecule has 0 fully saturated rings. The predicted molar refractivity (Wildman–Crippen MR) is 101 cm³/mol. The van der Waals surface area contributed by atoms with Gasteiger partial charge in [0.2, 0.25) is 0 Å². The molecule has 0 spiro atoms. The van der Waals surface area contributed by atoms with Crippen LogP contribution in [0.4, 0.5) is 23.7 Å². The van der Waals surface area contributed by atoms with Crippen molar-refractivity contribution in [2.75, 3.05) is 5.32 Å². The van der Waals surface area contributed by atoms with Gasteiger partial charge in [-0.25, -0.2) is 4.79 Å². The van der Waals surface area contributed by atoms with E-state index in [-0.39, 0.29) is 16.6 Å². The van der Waals surface area contributed by atoms with E-state index in [0.717, 1.165) is 0 Å². The number of benzene rings is 2. The Bertz CT molecular complexity index is 1310. The summed E-state index contributed by atoms with van der Waals surface area (Å²) in [6, 6.07) is 11.1. The van der Waals surface area contributed by atoms with Crippen molar-refractivity contribution in [2.45, 2.75) is 12.7 Å². The molecule has 7 nitrogen and oxygen atoms in total. The summed E-state index contributed by atoms with van der Waals surface area (Å²) < 4.78 is 40.1. The first kappa shape index (κ1) is 18.5. The molecule has 0 aliphatic heterocycles. The Morgan fingerprint density at radius 3 is 2.66 bits per heavy atom. The lowest BCUT2D eigenvalue weighted by Gasteiger charge is -2.15. The number of aromatic amines is 1. The maximum atomic E-state index is 13.1. The number of pyridine rings is 1. The summed E-state index contributed by atoms with van der Waals surface area (Å²) in [5.41, 5.74) is 0.779. The highest BCUT2D eigenvalue weighted by Crippen LogP contribution is 2.32. The smallest absolute Gasteiger partial charge is 0.409 e. The molecule has 1 amide bonds. The van der Waals surface area contributed by atoms with Gasteiger partial charge < -0.3 is 5.11 Å². The first-order valence-electron chi connectivity index (χ1n) is 8.40. The molecule has 0 saturated heterocycles. The number of nitrogens with one attached hydrogen (secondary N) is 2. The summed E-state index contributed by atoms with van der Waals surface area (Å²) in [7, 11) is 0. The minimum Gasteiger partial charge on any atom is -0.465 e. The Labute approximate surface area is 160 Å². The molecule has 4 rings (SSSR count). The Balaban J connectivity index is 2.01. The predicted octanol–water partition coefficient (Wildman–Crippen LogP) is 4.20. The summed E-state index contributed by atoms with van der Waals surface area (Å²) in [6.07, 6.45) is -4.68. The molecule has 4 aromatic rings. The second-order valence-corrected chi connectivity index (χ2v) is 6.37. The maximum Gasteiger partial charge on any atom is 0.409 e. The van der Waals surface area contributed by atoms with E-state index in [1.807, 2.05) is 0 Å². The van der Waals surface area contributed by atoms with E-state index in [4.69, 9.17) is 5.11 Å². The number of hydrogen-bond acceptors (Lipinski definition) is 3. The number of para-hydroxylation sites is 1. The minimum atomic E-state index is -4.60. The zero-order chi connectivity index (χ0) is 20.8. The van der Waals surface area contributed by atoms with Crippen LogP contribution in [0.3, 0.4) is 0 Å². The van der Waals surface area contributed by atoms with Gasteiger partial charge >= 0.3 is 12.3 Å². The van der Waals surface area contributed by atoms with Crippen LogP contribution in [0.25, 0.3) is 32.9 Å². The van der Waals surface area contributed by atoms with Gasteiger partial charge in [0, 0.05) is 10.9 Å². The number of fused-ring (bicyclic) bond motifs is 3. The highest BCUT2D eigenvalue weighted by molar-refractivity contribution is 6.04. The number of anilines is 1. The summed E-state index contributed by atoms with van der Waals surface area (Å²) >= 11 is 0. The first-order valence-corrected chi connectivity index (χ1v) is 8.40. The molecule has 10 heteroatoms. The second-order valence-electron chi connectivity index (χ2n) is 6.37. The molecule has 0 bridgehead atoms. The van der Waals surface area contributed by atoms with E-state index in [1.54, 1.807) is 30.3 Å². The molecule has 0 aliphatic rings. The van der Waals surface area contributed by atoms with E-state index >= 15 is 0 Å². The fraction of sp³-hybridized carbons (Fsp3) is 0.105. The van der Waals surface area contributed by atoms with E-state index < -0.39 is 24.4 Å². The van der Waals surface area contributed by atoms with Crippen LogP contribution < -0.4 is 10.9 Å². The van der Waals surface area contributed by atoms with Crippen LogP contribution in [0.5, 0.6) is 0 Å². The van der Waals surface area contributed by atoms with Gasteiger partial charge in [0.1, 0.15) is 6.54 Å². The van der Waals surface area contributed by atoms with Crippen molar-refractivity contribution in [2.24, 2.45) is 0 Å². The Morgan fingerprint density at radius 2 is 1.93 bits per heavy atom. The number of carbonyl (C=O) groups is 1. The summed E-state index contributed by atoms with van der Waals surface area (Å²) in [5.74, 6) is 0. The van der Waals surface area contributed by atoms with E-state index in [0.29, 0.717) is 26.6 Å². The van der Waals surface area contributed by atoms with Crippen LogP contribution in [-0.2, 0) is 6.54 Å². The fourth-order valence-electron chi connectivity index (χ4n) is 3.34. The van der Waals surface area contributed by atoms with Crippen molar-refractivity contribution in [3.05, 3.63) is 59.0 Å². The quantitative estimate of drug-likeness (QED) is 0.478. The topological polar surface area (TPSA) is 100 Å². The first-order chi connectivity index (χ1) is 13.7. The van der Waals surface area contributed by atoms with Crippen LogP contribution in [-0.4, -0.2) is 32.1 Å². The molecule has 29 heavy (non-hydrogen) atoms. The number of alkyl halides is 3. The molecule has 148 valence electrons. The third-order valence-electron chi connectivity index (χ3n) is 4.49. The lowest BCUT2D eigenvalue weighted by Crippen LogP contribution is -2.28. The highest BCUT2D eigenvalue weighted by atomic mass is 19.4. The van der Waals surface area contributed by atoms with Gasteiger partial charge in [0.15, 0.2) is 0 Å². The summed E-state index contributed by atoms with van der Waals surface area (Å²) in [6.45, 7) is -1.46. The van der Waals surface area contributed by atoms with Crippen molar-refractivity contribution in [1.82, 2.24) is 14.8 Å². The summed E-state index contributed by atoms with van der Waals surface area (Å²) in [5, 5.41) is 18.2. The van der Waals surface area contributed by atoms with Crippen LogP contribution in [0, 0.1) is 0 Å². The third-order valence-corrected chi connectivity index (χ3v) is 4.49. The van der Waals surface area contributed by atoms with Gasteiger partial charge in [-0.3, -0.25) is 19.8 Å². The number of carboxylic acid groups (broad SMARTS) is 1. The van der Waals surface area contributed by atoms with Crippen LogP contribution in [0.15, 0.2) is 53.5 Å². The van der Waals surface area contributed by atoms with Crippen molar-refractivity contribution >= 4 is 33.6 Å². The molecular weight excluding hydrogens is 389 g/mol. The van der Waals surface area contributed by atoms with Gasteiger partial charge in [0.25, 0.3) is 5.56 Å². The van der Waals surface area contributed by atoms with E-state index in [1.165, 1.54) is 18.3 Å². The monoisotopic (exact) mass is 402 g/mol. The molecule has 0 atom stereocenters. The molecule has 0 aliphatic carbocycles. The number of amides is 1. The Morgan fingerprint density at radius 1 is 1.17 bits per heavy atom. The molecule has 2 aromatic carbocycles. The molecular formula is C19H13F3N4O3. The van der Waals surface area contributed by atoms with Gasteiger partial charge in [-0.2, -0.15) is 18.3 Å². The standard InChI is InChI=1S/C19H13F3N4O3/c20-19(21,22)9-26-15-7-10(11-3-1-2-4-14(11)24-18(28)29)5-6-12(15)16-13(17(26)27)8-23-25-16/h1-8,24H,9H2,(H,23,25)(H,28,29). The second kappa shape index (κ2) is 6.66. The molecule has 3 N–H and O–H groups in total. The molecule has 2 aromatic heterocycles. The molecule has 0 radical (unpaired) electrons. The van der Waals surface area contributed by atoms with Crippen molar-refractivity contribution in [1.29, 1.82) is 0 Å². The largest absolute Gasteiger partial charge is 0.465 e. The number of nitrogens with zero attached hydrogens (tertiary/aromatic N) is 2. The SMILES string of the molecule is O=C(O)Nc1ccccc1-c1ccc2c3[nH]ncc3c(=O)n(CC(F)(F)F)c2c1. The fourth-order valence-corrected chi connectivity index (χ4v) is 3.34. The van der Waals surface area contributed by atoms with Crippen LogP contribution >= 0.6 is 0 Å². The average Bonchev–Trinajstić information content (AvgIpc) is 3.14. The lowest BCUT2D eigenvalue weighted by atomic mass is 10.0. The Hall–Kier alpha value is -3.82. The zero-order valence-corrected chi connectivity index (χ0v) is 14.6. The van der Waals surface area contributed by atoms with E-state index in [2.05, 4.69) is 15.5 Å². The van der Waals surface area contributed by atoms with Crippen LogP contribution in [0.1, 0.15) is 0 Å². The van der Waals surface area contributed by atoms with Gasteiger partial charge in [-0.1, -0.05) is 30.3 Å². The van der Waals surface area contributed by atoms with Gasteiger partial charge in [0.05, 0.1) is 28.3 Å². The van der Waals surface area contributed by atoms with Crippen molar-refractivity contribution in [3.63, 3.8) is 0 Å². The highest BCUT2D eigenvalue weighted by Gasteiger charge is 2.30. The average molecular weight is 402 g/mol. The third kappa shape index (κ3) is 3.40. The maximum absolute atomic E-state index is 13.1. The number of hydrogen-bond donors (Lipinski definition) is 3. The normalized spacial score (nSPS) is 11.8. The summed E-state index contributed by atoms with van der Waals surface area (Å²) in [4.78, 5) is 23.7. The van der Waals surface area contributed by atoms with E-state index in [9.17, 15) is 22.8 Å². The van der Waals surface area contributed by atoms with Gasteiger partial charge in [-0.05, 0) is 17.7 Å². The number of aromatic nitrogens is 3. The minimum absolute atomic E-state index is 0.0578. The van der Waals surface area contributed by atoms with Crippen LogP contribution in [0.2, 0.25) is 0 Å². The lowest BCUT2D eigenvalue weighted by molar-refractivity contribution is -0.140. The molecule has 0 saturated carbocycles. The number of rotatable bonds is 3. The molecule has 2 heterocycles. The number of H-pyrrole nitrogens is 1.